The van der Waals surface area contributed by atoms with Gasteiger partial charge in [-0.25, -0.2) is 4.79 Å². The second-order valence-corrected chi connectivity index (χ2v) is 8.64. The van der Waals surface area contributed by atoms with Gasteiger partial charge in [0.2, 0.25) is 0 Å². The fraction of sp³-hybridized carbons (Fsp3) is 0.480. The van der Waals surface area contributed by atoms with E-state index in [1.807, 2.05) is 6.92 Å². The first-order valence-corrected chi connectivity index (χ1v) is 11.5. The van der Waals surface area contributed by atoms with Gasteiger partial charge in [-0.05, 0) is 31.2 Å². The van der Waals surface area contributed by atoms with E-state index < -0.39 is 34.5 Å². The number of esters is 2. The molecule has 0 radical (unpaired) electrons. The molecule has 1 aromatic rings. The molecule has 1 aliphatic carbocycles. The summed E-state index contributed by atoms with van der Waals surface area (Å²) < 4.78 is 15.7. The highest BCUT2D eigenvalue weighted by molar-refractivity contribution is 6.12. The standard InChI is InChI=1S/C25H30N2O8/c1-5-9-34-10-11-35-25(30)20-15(3)26-18-12-14(2)19(24(29)33-4)23(28)22(18)21(20)16-7-6-8-17(13-16)27(31)32/h6-8,13-14,19,21,26H,5,9-12H2,1-4H3/t14-,19+,21+/m0/s1. The van der Waals surface area contributed by atoms with Crippen molar-refractivity contribution < 1.29 is 33.5 Å². The number of allylic oxidation sites excluding steroid dienone is 3. The lowest BCUT2D eigenvalue weighted by Gasteiger charge is -2.38. The third-order valence-corrected chi connectivity index (χ3v) is 6.19. The number of benzene rings is 1. The lowest BCUT2D eigenvalue weighted by molar-refractivity contribution is -0.384. The minimum absolute atomic E-state index is 0.0128. The number of ether oxygens (including phenoxy) is 3. The predicted octanol–water partition coefficient (Wildman–Crippen LogP) is 3.18. The van der Waals surface area contributed by atoms with Crippen molar-refractivity contribution in [2.75, 3.05) is 26.9 Å². The Bertz CT molecular complexity index is 1090. The van der Waals surface area contributed by atoms with E-state index in [-0.39, 0.29) is 36.0 Å². The van der Waals surface area contributed by atoms with Crippen LogP contribution in [0.1, 0.15) is 45.1 Å². The number of carbonyl (C=O) groups is 3. The molecule has 1 heterocycles. The zero-order valence-corrected chi connectivity index (χ0v) is 20.3. The number of nitro benzene ring substituents is 1. The van der Waals surface area contributed by atoms with Gasteiger partial charge in [0, 0.05) is 41.6 Å². The van der Waals surface area contributed by atoms with Crippen molar-refractivity contribution in [3.05, 3.63) is 62.5 Å². The molecular formula is C25H30N2O8. The SMILES string of the molecule is CCCOCCOC(=O)C1=C(C)NC2=C(C(=O)[C@H](C(=O)OC)[C@@H](C)C2)[C@@H]1c1cccc([N+](=O)[O-])c1. The van der Waals surface area contributed by atoms with Crippen molar-refractivity contribution in [3.8, 4) is 0 Å². The molecule has 0 fully saturated rings. The molecule has 0 bridgehead atoms. The molecule has 1 N–H and O–H groups in total. The van der Waals surface area contributed by atoms with Gasteiger partial charge in [-0.1, -0.05) is 26.0 Å². The van der Waals surface area contributed by atoms with E-state index in [9.17, 15) is 24.5 Å². The number of dihydropyridines is 1. The van der Waals surface area contributed by atoms with Crippen LogP contribution in [0.2, 0.25) is 0 Å². The van der Waals surface area contributed by atoms with E-state index in [0.29, 0.717) is 30.0 Å². The average molecular weight is 487 g/mol. The molecule has 0 unspecified atom stereocenters. The van der Waals surface area contributed by atoms with Crippen LogP contribution in [0.5, 0.6) is 0 Å². The highest BCUT2D eigenvalue weighted by Gasteiger charge is 2.47. The number of Topliss-reactive ketones (excluding diaryl/α,β-unsaturated/α-hetero) is 1. The van der Waals surface area contributed by atoms with Crippen molar-refractivity contribution in [1.82, 2.24) is 5.32 Å². The maximum atomic E-state index is 13.7. The predicted molar refractivity (Wildman–Crippen MR) is 125 cm³/mol. The first-order chi connectivity index (χ1) is 16.7. The summed E-state index contributed by atoms with van der Waals surface area (Å²) in [7, 11) is 1.22. The molecular weight excluding hydrogens is 456 g/mol. The van der Waals surface area contributed by atoms with Crippen molar-refractivity contribution >= 4 is 23.4 Å². The number of hydrogen-bond acceptors (Lipinski definition) is 9. The van der Waals surface area contributed by atoms with E-state index >= 15 is 0 Å². The van der Waals surface area contributed by atoms with Crippen molar-refractivity contribution in [2.24, 2.45) is 11.8 Å². The maximum absolute atomic E-state index is 13.7. The Labute approximate surface area is 203 Å². The minimum atomic E-state index is -1.04. The number of nitro groups is 1. The second kappa shape index (κ2) is 11.3. The maximum Gasteiger partial charge on any atom is 0.336 e. The van der Waals surface area contributed by atoms with Crippen LogP contribution in [-0.4, -0.2) is 49.6 Å². The number of nitrogens with zero attached hydrogens (tertiary/aromatic N) is 1. The van der Waals surface area contributed by atoms with Crippen molar-refractivity contribution in [1.29, 1.82) is 0 Å². The zero-order valence-electron chi connectivity index (χ0n) is 20.3. The minimum Gasteiger partial charge on any atom is -0.468 e. The average Bonchev–Trinajstić information content (AvgIpc) is 2.82. The number of non-ortho nitro benzene ring substituents is 1. The summed E-state index contributed by atoms with van der Waals surface area (Å²) in [5.74, 6) is -4.11. The molecule has 0 spiro atoms. The molecule has 188 valence electrons. The molecule has 3 atom stereocenters. The Morgan fingerprint density at radius 1 is 1.23 bits per heavy atom. The Morgan fingerprint density at radius 3 is 2.63 bits per heavy atom. The van der Waals surface area contributed by atoms with E-state index in [1.54, 1.807) is 19.9 Å². The lowest BCUT2D eigenvalue weighted by Crippen LogP contribution is -2.43. The van der Waals surface area contributed by atoms with Crippen molar-refractivity contribution in [3.63, 3.8) is 0 Å². The van der Waals surface area contributed by atoms with Crippen LogP contribution >= 0.6 is 0 Å². The van der Waals surface area contributed by atoms with E-state index in [1.165, 1.54) is 25.3 Å². The van der Waals surface area contributed by atoms with Gasteiger partial charge in [0.15, 0.2) is 5.78 Å². The Morgan fingerprint density at radius 2 is 1.97 bits per heavy atom. The summed E-state index contributed by atoms with van der Waals surface area (Å²) in [6.45, 7) is 6.21. The molecule has 1 aliphatic heterocycles. The summed E-state index contributed by atoms with van der Waals surface area (Å²) in [6.07, 6.45) is 1.20. The van der Waals surface area contributed by atoms with Crippen LogP contribution in [0.25, 0.3) is 0 Å². The van der Waals surface area contributed by atoms with Crippen LogP contribution in [0.3, 0.4) is 0 Å². The largest absolute Gasteiger partial charge is 0.468 e. The normalized spacial score (nSPS) is 21.8. The molecule has 35 heavy (non-hydrogen) atoms. The molecule has 3 rings (SSSR count). The number of hydrogen-bond donors (Lipinski definition) is 1. The van der Waals surface area contributed by atoms with E-state index in [0.717, 1.165) is 6.42 Å². The number of ketones is 1. The van der Waals surface area contributed by atoms with Gasteiger partial charge in [-0.2, -0.15) is 0 Å². The second-order valence-electron chi connectivity index (χ2n) is 8.64. The van der Waals surface area contributed by atoms with Crippen LogP contribution < -0.4 is 5.32 Å². The molecule has 0 saturated carbocycles. The number of methoxy groups -OCH3 is 1. The van der Waals surface area contributed by atoms with Gasteiger partial charge in [-0.3, -0.25) is 19.7 Å². The lowest BCUT2D eigenvalue weighted by atomic mass is 9.69. The fourth-order valence-electron chi connectivity index (χ4n) is 4.62. The Balaban J connectivity index is 2.07. The van der Waals surface area contributed by atoms with Gasteiger partial charge in [0.05, 0.1) is 24.2 Å². The Hall–Kier alpha value is -3.53. The molecule has 0 amide bonds. The first kappa shape index (κ1) is 26.1. The summed E-state index contributed by atoms with van der Waals surface area (Å²) in [4.78, 5) is 50.3. The highest BCUT2D eigenvalue weighted by Crippen LogP contribution is 2.45. The Kier molecular flexibility index (Phi) is 8.39. The molecule has 10 heteroatoms. The monoisotopic (exact) mass is 486 g/mol. The van der Waals surface area contributed by atoms with Crippen LogP contribution in [0.4, 0.5) is 5.69 Å². The van der Waals surface area contributed by atoms with Gasteiger partial charge < -0.3 is 19.5 Å². The zero-order chi connectivity index (χ0) is 25.7. The van der Waals surface area contributed by atoms with E-state index in [2.05, 4.69) is 5.32 Å². The molecule has 0 saturated heterocycles. The quantitative estimate of drug-likeness (QED) is 0.184. The molecule has 10 nitrogen and oxygen atoms in total. The first-order valence-electron chi connectivity index (χ1n) is 11.5. The van der Waals surface area contributed by atoms with Gasteiger partial charge in [0.25, 0.3) is 5.69 Å². The number of carbonyl (C=O) groups excluding carboxylic acids is 3. The fourth-order valence-corrected chi connectivity index (χ4v) is 4.62. The van der Waals surface area contributed by atoms with Gasteiger partial charge in [0.1, 0.15) is 12.5 Å². The summed E-state index contributed by atoms with van der Waals surface area (Å²) in [5.41, 5.74) is 1.65. The third-order valence-electron chi connectivity index (χ3n) is 6.19. The third kappa shape index (κ3) is 5.43. The number of rotatable bonds is 9. The van der Waals surface area contributed by atoms with Gasteiger partial charge in [-0.15, -0.1) is 0 Å². The topological polar surface area (TPSA) is 134 Å². The van der Waals surface area contributed by atoms with Crippen molar-refractivity contribution in [2.45, 2.75) is 39.5 Å². The van der Waals surface area contributed by atoms with E-state index in [4.69, 9.17) is 14.2 Å². The summed E-state index contributed by atoms with van der Waals surface area (Å²) >= 11 is 0. The molecule has 1 aromatic carbocycles. The number of nitrogens with one attached hydrogen (secondary N) is 1. The smallest absolute Gasteiger partial charge is 0.336 e. The van der Waals surface area contributed by atoms with Crippen LogP contribution in [0, 0.1) is 22.0 Å². The summed E-state index contributed by atoms with van der Waals surface area (Å²) in [6, 6.07) is 5.79. The highest BCUT2D eigenvalue weighted by atomic mass is 16.6. The summed E-state index contributed by atoms with van der Waals surface area (Å²) in [5, 5.41) is 14.6. The van der Waals surface area contributed by atoms with Gasteiger partial charge >= 0.3 is 11.9 Å². The van der Waals surface area contributed by atoms with Crippen LogP contribution in [-0.2, 0) is 28.6 Å². The molecule has 0 aromatic heterocycles. The molecule has 2 aliphatic rings. The van der Waals surface area contributed by atoms with Crippen LogP contribution in [0.15, 0.2) is 46.8 Å².